The van der Waals surface area contributed by atoms with Crippen molar-refractivity contribution in [2.75, 3.05) is 47.1 Å². The van der Waals surface area contributed by atoms with Crippen LogP contribution in [0, 0.1) is 11.8 Å². The van der Waals surface area contributed by atoms with Gasteiger partial charge in [-0.05, 0) is 39.8 Å². The summed E-state index contributed by atoms with van der Waals surface area (Å²) in [6, 6.07) is 0. The van der Waals surface area contributed by atoms with E-state index in [2.05, 4.69) is 19.0 Å². The summed E-state index contributed by atoms with van der Waals surface area (Å²) < 4.78 is 11.1. The maximum Gasteiger partial charge on any atom is 0.0704 e. The Labute approximate surface area is 105 Å². The highest BCUT2D eigenvalue weighted by atomic mass is 16.5. The van der Waals surface area contributed by atoms with Crippen molar-refractivity contribution < 1.29 is 14.6 Å². The van der Waals surface area contributed by atoms with Gasteiger partial charge in [0.25, 0.3) is 0 Å². The molecule has 0 spiro atoms. The van der Waals surface area contributed by atoms with Crippen LogP contribution in [0.4, 0.5) is 0 Å². The van der Waals surface area contributed by atoms with Crippen molar-refractivity contribution in [3.8, 4) is 0 Å². The van der Waals surface area contributed by atoms with E-state index in [1.807, 2.05) is 6.92 Å². The molecule has 0 bridgehead atoms. The van der Waals surface area contributed by atoms with E-state index >= 15 is 0 Å². The molecule has 0 heterocycles. The summed E-state index contributed by atoms with van der Waals surface area (Å²) in [4.78, 5) is 2.21. The van der Waals surface area contributed by atoms with Crippen molar-refractivity contribution in [1.82, 2.24) is 4.90 Å². The molecule has 0 unspecified atom stereocenters. The number of ether oxygens (including phenoxy) is 2. The molecule has 102 valence electrons. The average Bonchev–Trinajstić information content (AvgIpc) is 2.66. The van der Waals surface area contributed by atoms with Crippen LogP contribution < -0.4 is 0 Å². The van der Waals surface area contributed by atoms with Gasteiger partial charge in [-0.2, -0.15) is 0 Å². The number of rotatable bonds is 8. The second kappa shape index (κ2) is 8.03. The van der Waals surface area contributed by atoms with Crippen molar-refractivity contribution in [3.05, 3.63) is 0 Å². The van der Waals surface area contributed by atoms with Crippen LogP contribution in [0.25, 0.3) is 0 Å². The van der Waals surface area contributed by atoms with E-state index in [0.29, 0.717) is 25.0 Å². The van der Waals surface area contributed by atoms with E-state index < -0.39 is 0 Å². The minimum atomic E-state index is 0.213. The van der Waals surface area contributed by atoms with Crippen molar-refractivity contribution in [3.63, 3.8) is 0 Å². The second-order valence-corrected chi connectivity index (χ2v) is 5.15. The van der Waals surface area contributed by atoms with Gasteiger partial charge in [-0.3, -0.25) is 0 Å². The van der Waals surface area contributed by atoms with Crippen molar-refractivity contribution in [1.29, 1.82) is 0 Å². The Morgan fingerprint density at radius 1 is 1.24 bits per heavy atom. The highest BCUT2D eigenvalue weighted by Gasteiger charge is 2.34. The lowest BCUT2D eigenvalue weighted by Crippen LogP contribution is -2.23. The lowest BCUT2D eigenvalue weighted by molar-refractivity contribution is -0.0199. The van der Waals surface area contributed by atoms with E-state index in [1.54, 1.807) is 0 Å². The van der Waals surface area contributed by atoms with E-state index in [1.165, 1.54) is 0 Å². The highest BCUT2D eigenvalue weighted by Crippen LogP contribution is 2.33. The minimum Gasteiger partial charge on any atom is -0.396 e. The Balaban J connectivity index is 2.27. The van der Waals surface area contributed by atoms with Crippen LogP contribution in [0.2, 0.25) is 0 Å². The van der Waals surface area contributed by atoms with Gasteiger partial charge in [0.2, 0.25) is 0 Å². The summed E-state index contributed by atoms with van der Waals surface area (Å²) in [5.41, 5.74) is 0. The van der Waals surface area contributed by atoms with Crippen LogP contribution >= 0.6 is 0 Å². The summed E-state index contributed by atoms with van der Waals surface area (Å²) in [6.45, 7) is 5.35. The number of aliphatic hydroxyl groups excluding tert-OH is 1. The molecule has 0 saturated heterocycles. The second-order valence-electron chi connectivity index (χ2n) is 5.15. The molecule has 1 rings (SSSR count). The van der Waals surface area contributed by atoms with Gasteiger partial charge in [-0.25, -0.2) is 0 Å². The number of nitrogens with zero attached hydrogens (tertiary/aromatic N) is 1. The monoisotopic (exact) mass is 245 g/mol. The maximum absolute atomic E-state index is 9.37. The molecular formula is C13H27NO3. The summed E-state index contributed by atoms with van der Waals surface area (Å²) in [7, 11) is 4.19. The van der Waals surface area contributed by atoms with Crippen LogP contribution in [-0.4, -0.2) is 63.2 Å². The number of hydrogen-bond acceptors (Lipinski definition) is 4. The van der Waals surface area contributed by atoms with Crippen LogP contribution in [0.15, 0.2) is 0 Å². The van der Waals surface area contributed by atoms with E-state index in [9.17, 15) is 5.11 Å². The molecule has 0 amide bonds. The zero-order chi connectivity index (χ0) is 12.7. The van der Waals surface area contributed by atoms with Crippen LogP contribution in [0.3, 0.4) is 0 Å². The van der Waals surface area contributed by atoms with Gasteiger partial charge in [-0.1, -0.05) is 0 Å². The minimum absolute atomic E-state index is 0.213. The third-order valence-electron chi connectivity index (χ3n) is 3.35. The fourth-order valence-electron chi connectivity index (χ4n) is 2.66. The molecule has 0 aromatic carbocycles. The van der Waals surface area contributed by atoms with E-state index in [4.69, 9.17) is 9.47 Å². The zero-order valence-corrected chi connectivity index (χ0v) is 11.4. The maximum atomic E-state index is 9.37. The third kappa shape index (κ3) is 5.34. The highest BCUT2D eigenvalue weighted by molar-refractivity contribution is 4.85. The summed E-state index contributed by atoms with van der Waals surface area (Å²) in [5.74, 6) is 0.959. The van der Waals surface area contributed by atoms with Crippen LogP contribution in [-0.2, 0) is 9.47 Å². The van der Waals surface area contributed by atoms with Crippen molar-refractivity contribution >= 4 is 0 Å². The molecule has 4 nitrogen and oxygen atoms in total. The Hall–Kier alpha value is -0.160. The van der Waals surface area contributed by atoms with E-state index in [0.717, 1.165) is 26.0 Å². The molecule has 1 saturated carbocycles. The van der Waals surface area contributed by atoms with Gasteiger partial charge >= 0.3 is 0 Å². The molecule has 0 aliphatic heterocycles. The Morgan fingerprint density at radius 3 is 2.59 bits per heavy atom. The molecule has 3 atom stereocenters. The first-order chi connectivity index (χ1) is 8.17. The quantitative estimate of drug-likeness (QED) is 0.648. The van der Waals surface area contributed by atoms with Gasteiger partial charge in [0.1, 0.15) is 0 Å². The fraction of sp³-hybridized carbons (Fsp3) is 1.00. The molecule has 0 aromatic heterocycles. The SMILES string of the molecule is CCOCCO[C@@H]1C[C@H](CN(C)C)C[C@@H]1CO. The topological polar surface area (TPSA) is 41.9 Å². The Kier molecular flexibility index (Phi) is 7.04. The third-order valence-corrected chi connectivity index (χ3v) is 3.35. The fourth-order valence-corrected chi connectivity index (χ4v) is 2.66. The van der Waals surface area contributed by atoms with Crippen molar-refractivity contribution in [2.45, 2.75) is 25.9 Å². The lowest BCUT2D eigenvalue weighted by Gasteiger charge is -2.18. The van der Waals surface area contributed by atoms with Crippen LogP contribution in [0.1, 0.15) is 19.8 Å². The number of hydrogen-bond donors (Lipinski definition) is 1. The molecule has 1 aliphatic rings. The summed E-state index contributed by atoms with van der Waals surface area (Å²) in [5, 5.41) is 9.37. The first-order valence-corrected chi connectivity index (χ1v) is 6.62. The molecule has 17 heavy (non-hydrogen) atoms. The predicted molar refractivity (Wildman–Crippen MR) is 68.1 cm³/mol. The largest absolute Gasteiger partial charge is 0.396 e. The summed E-state index contributed by atoms with van der Waals surface area (Å²) >= 11 is 0. The predicted octanol–water partition coefficient (Wildman–Crippen LogP) is 0.988. The van der Waals surface area contributed by atoms with E-state index in [-0.39, 0.29) is 12.7 Å². The molecule has 0 radical (unpaired) electrons. The standard InChI is InChI=1S/C13H27NO3/c1-4-16-5-6-17-13-8-11(9-14(2)3)7-12(13)10-15/h11-13,15H,4-10H2,1-3H3/t11-,12-,13-/m1/s1. The summed E-state index contributed by atoms with van der Waals surface area (Å²) in [6.07, 6.45) is 2.36. The van der Waals surface area contributed by atoms with Gasteiger partial charge in [0.05, 0.1) is 19.3 Å². The Bertz CT molecular complexity index is 199. The molecular weight excluding hydrogens is 218 g/mol. The molecule has 1 fully saturated rings. The Morgan fingerprint density at radius 2 is 2.00 bits per heavy atom. The molecule has 0 aromatic rings. The van der Waals surface area contributed by atoms with Crippen molar-refractivity contribution in [2.24, 2.45) is 11.8 Å². The smallest absolute Gasteiger partial charge is 0.0704 e. The zero-order valence-electron chi connectivity index (χ0n) is 11.4. The normalized spacial score (nSPS) is 29.1. The number of aliphatic hydroxyl groups is 1. The van der Waals surface area contributed by atoms with Crippen LogP contribution in [0.5, 0.6) is 0 Å². The average molecular weight is 245 g/mol. The van der Waals surface area contributed by atoms with Gasteiger partial charge in [-0.15, -0.1) is 0 Å². The van der Waals surface area contributed by atoms with Gasteiger partial charge < -0.3 is 19.5 Å². The lowest BCUT2D eigenvalue weighted by atomic mass is 10.1. The van der Waals surface area contributed by atoms with Gasteiger partial charge in [0, 0.05) is 25.7 Å². The molecule has 1 N–H and O–H groups in total. The first-order valence-electron chi connectivity index (χ1n) is 6.62. The van der Waals surface area contributed by atoms with Gasteiger partial charge in [0.15, 0.2) is 0 Å². The molecule has 4 heteroatoms. The first kappa shape index (κ1) is 14.9. The molecule has 1 aliphatic carbocycles.